The van der Waals surface area contributed by atoms with E-state index in [2.05, 4.69) is 12.2 Å². The average molecular weight is 202 g/mol. The maximum Gasteiger partial charge on any atom is 0.234 e. The van der Waals surface area contributed by atoms with Gasteiger partial charge in [0.1, 0.15) is 6.67 Å². The Morgan fingerprint density at radius 2 is 2.14 bits per heavy atom. The van der Waals surface area contributed by atoms with E-state index in [1.165, 1.54) is 0 Å². The topological polar surface area (TPSA) is 69.6 Å². The van der Waals surface area contributed by atoms with Crippen molar-refractivity contribution in [1.82, 2.24) is 10.4 Å². The number of amides is 2. The van der Waals surface area contributed by atoms with E-state index in [1.54, 1.807) is 0 Å². The fraction of sp³-hybridized carbons (Fsp3) is 0.778. The van der Waals surface area contributed by atoms with Crippen LogP contribution in [0.25, 0.3) is 0 Å². The number of hydrogen-bond donors (Lipinski definition) is 2. The van der Waals surface area contributed by atoms with Gasteiger partial charge in [0, 0.05) is 6.42 Å². The maximum atomic E-state index is 11.1. The summed E-state index contributed by atoms with van der Waals surface area (Å²) in [5.41, 5.74) is 0. The number of rotatable bonds is 8. The average Bonchev–Trinajstić information content (AvgIpc) is 2.21. The molecule has 0 unspecified atom stereocenters. The summed E-state index contributed by atoms with van der Waals surface area (Å²) < 4.78 is 0. The van der Waals surface area contributed by atoms with Crippen molar-refractivity contribution in [2.24, 2.45) is 0 Å². The highest BCUT2D eigenvalue weighted by atomic mass is 16.5. The Morgan fingerprint density at radius 3 is 2.71 bits per heavy atom. The van der Waals surface area contributed by atoms with Crippen LogP contribution in [0.5, 0.6) is 0 Å². The largest absolute Gasteiger partial charge is 0.336 e. The van der Waals surface area contributed by atoms with Gasteiger partial charge in [-0.15, -0.1) is 0 Å². The first kappa shape index (κ1) is 12.9. The lowest BCUT2D eigenvalue weighted by atomic mass is 10.1. The number of hydrogen-bond acceptors (Lipinski definition) is 3. The van der Waals surface area contributed by atoms with E-state index >= 15 is 0 Å². The van der Waals surface area contributed by atoms with Crippen LogP contribution in [0.15, 0.2) is 0 Å². The summed E-state index contributed by atoms with van der Waals surface area (Å²) in [4.78, 5) is 21.0. The Bertz CT molecular complexity index is 173. The molecule has 5 nitrogen and oxygen atoms in total. The second kappa shape index (κ2) is 8.50. The predicted octanol–water partition coefficient (Wildman–Crippen LogP) is 0.878. The molecular formula is C9H18N2O3. The smallest absolute Gasteiger partial charge is 0.234 e. The zero-order valence-corrected chi connectivity index (χ0v) is 8.53. The molecule has 0 bridgehead atoms. The maximum absolute atomic E-state index is 11.1. The third-order valence-corrected chi connectivity index (χ3v) is 1.82. The minimum absolute atomic E-state index is 0.137. The summed E-state index contributed by atoms with van der Waals surface area (Å²) in [7, 11) is 0. The molecule has 0 aliphatic rings. The molecule has 0 heterocycles. The summed E-state index contributed by atoms with van der Waals surface area (Å²) in [5.74, 6) is -0.137. The molecule has 0 aromatic rings. The molecule has 0 saturated heterocycles. The van der Waals surface area contributed by atoms with Gasteiger partial charge in [0.25, 0.3) is 0 Å². The fourth-order valence-electron chi connectivity index (χ4n) is 1.01. The van der Waals surface area contributed by atoms with Crippen LogP contribution in [0, 0.1) is 0 Å². The van der Waals surface area contributed by atoms with Gasteiger partial charge in [0.15, 0.2) is 0 Å². The standard InChI is InChI=1S/C9H18N2O3/c1-2-3-4-5-6-9(13)10-7-11(14)8-12/h8,14H,2-7H2,1H3,(H,10,13). The van der Waals surface area contributed by atoms with Crippen LogP contribution in [0.4, 0.5) is 0 Å². The summed E-state index contributed by atoms with van der Waals surface area (Å²) in [6.45, 7) is 1.96. The molecule has 0 saturated carbocycles. The highest BCUT2D eigenvalue weighted by Gasteiger charge is 2.01. The van der Waals surface area contributed by atoms with Gasteiger partial charge < -0.3 is 5.32 Å². The molecule has 0 aliphatic carbocycles. The zero-order chi connectivity index (χ0) is 10.8. The number of hydroxylamine groups is 2. The van der Waals surface area contributed by atoms with Crippen molar-refractivity contribution in [1.29, 1.82) is 0 Å². The third-order valence-electron chi connectivity index (χ3n) is 1.82. The van der Waals surface area contributed by atoms with Crippen molar-refractivity contribution >= 4 is 12.3 Å². The SMILES string of the molecule is CCCCCCC(=O)NCN(O)C=O. The van der Waals surface area contributed by atoms with Gasteiger partial charge in [-0.2, -0.15) is 0 Å². The summed E-state index contributed by atoms with van der Waals surface area (Å²) in [5, 5.41) is 11.5. The third kappa shape index (κ3) is 7.54. The van der Waals surface area contributed by atoms with E-state index in [0.717, 1.165) is 25.7 Å². The lowest BCUT2D eigenvalue weighted by molar-refractivity contribution is -0.152. The van der Waals surface area contributed by atoms with Gasteiger partial charge in [-0.3, -0.25) is 14.8 Å². The van der Waals surface area contributed by atoms with Crippen molar-refractivity contribution in [2.75, 3.05) is 6.67 Å². The highest BCUT2D eigenvalue weighted by Crippen LogP contribution is 2.01. The molecule has 5 heteroatoms. The fourth-order valence-corrected chi connectivity index (χ4v) is 1.01. The van der Waals surface area contributed by atoms with E-state index < -0.39 is 0 Å². The van der Waals surface area contributed by atoms with Crippen molar-refractivity contribution in [3.8, 4) is 0 Å². The molecular weight excluding hydrogens is 184 g/mol. The van der Waals surface area contributed by atoms with Gasteiger partial charge >= 0.3 is 0 Å². The number of nitrogens with one attached hydrogen (secondary N) is 1. The molecule has 82 valence electrons. The van der Waals surface area contributed by atoms with E-state index in [9.17, 15) is 9.59 Å². The summed E-state index contributed by atoms with van der Waals surface area (Å²) >= 11 is 0. The van der Waals surface area contributed by atoms with E-state index in [-0.39, 0.29) is 19.0 Å². The Labute approximate surface area is 84.0 Å². The van der Waals surface area contributed by atoms with Crippen LogP contribution in [-0.2, 0) is 9.59 Å². The van der Waals surface area contributed by atoms with Crippen LogP contribution < -0.4 is 5.32 Å². The van der Waals surface area contributed by atoms with Gasteiger partial charge in [0.2, 0.25) is 12.3 Å². The molecule has 0 aliphatic heterocycles. The molecule has 0 radical (unpaired) electrons. The van der Waals surface area contributed by atoms with E-state index in [4.69, 9.17) is 5.21 Å². The lowest BCUT2D eigenvalue weighted by Gasteiger charge is -2.09. The van der Waals surface area contributed by atoms with Gasteiger partial charge in [-0.25, -0.2) is 5.06 Å². The first-order valence-corrected chi connectivity index (χ1v) is 4.88. The molecule has 0 fully saturated rings. The molecule has 0 atom stereocenters. The van der Waals surface area contributed by atoms with Crippen LogP contribution in [0.1, 0.15) is 39.0 Å². The van der Waals surface area contributed by atoms with Crippen molar-refractivity contribution < 1.29 is 14.8 Å². The molecule has 0 aromatic heterocycles. The summed E-state index contributed by atoms with van der Waals surface area (Å²) in [6, 6.07) is 0. The van der Waals surface area contributed by atoms with Crippen molar-refractivity contribution in [3.05, 3.63) is 0 Å². The minimum atomic E-state index is -0.143. The van der Waals surface area contributed by atoms with Gasteiger partial charge in [-0.1, -0.05) is 26.2 Å². The monoisotopic (exact) mass is 202 g/mol. The summed E-state index contributed by atoms with van der Waals surface area (Å²) in [6.07, 6.45) is 4.86. The molecule has 0 aromatic carbocycles. The Hall–Kier alpha value is -1.10. The normalized spacial score (nSPS) is 9.57. The highest BCUT2D eigenvalue weighted by molar-refractivity contribution is 5.75. The zero-order valence-electron chi connectivity index (χ0n) is 8.53. The molecule has 14 heavy (non-hydrogen) atoms. The Morgan fingerprint density at radius 1 is 1.43 bits per heavy atom. The number of carbonyl (C=O) groups is 2. The van der Waals surface area contributed by atoms with E-state index in [1.807, 2.05) is 0 Å². The predicted molar refractivity (Wildman–Crippen MR) is 51.5 cm³/mol. The molecule has 2 N–H and O–H groups in total. The van der Waals surface area contributed by atoms with Crippen LogP contribution >= 0.6 is 0 Å². The van der Waals surface area contributed by atoms with Crippen LogP contribution in [0.2, 0.25) is 0 Å². The van der Waals surface area contributed by atoms with Crippen LogP contribution in [-0.4, -0.2) is 29.3 Å². The Kier molecular flexibility index (Phi) is 7.83. The van der Waals surface area contributed by atoms with Crippen molar-refractivity contribution in [3.63, 3.8) is 0 Å². The molecule has 2 amide bonds. The number of unbranched alkanes of at least 4 members (excludes halogenated alkanes) is 3. The second-order valence-corrected chi connectivity index (χ2v) is 3.11. The quantitative estimate of drug-likeness (QED) is 0.202. The lowest BCUT2D eigenvalue weighted by Crippen LogP contribution is -2.34. The Balaban J connectivity index is 3.32. The first-order valence-electron chi connectivity index (χ1n) is 4.88. The van der Waals surface area contributed by atoms with Crippen molar-refractivity contribution in [2.45, 2.75) is 39.0 Å². The van der Waals surface area contributed by atoms with Gasteiger partial charge in [-0.05, 0) is 6.42 Å². The number of carbonyl (C=O) groups excluding carboxylic acids is 2. The first-order chi connectivity index (χ1) is 6.70. The van der Waals surface area contributed by atoms with Crippen LogP contribution in [0.3, 0.4) is 0 Å². The second-order valence-electron chi connectivity index (χ2n) is 3.11. The molecule has 0 rings (SSSR count). The van der Waals surface area contributed by atoms with E-state index in [0.29, 0.717) is 11.5 Å². The molecule has 0 spiro atoms. The minimum Gasteiger partial charge on any atom is -0.336 e. The van der Waals surface area contributed by atoms with Gasteiger partial charge in [0.05, 0.1) is 0 Å². The number of nitrogens with zero attached hydrogens (tertiary/aromatic N) is 1.